The van der Waals surface area contributed by atoms with Crippen molar-refractivity contribution in [2.75, 3.05) is 0 Å². The molecule has 0 atom stereocenters. The van der Waals surface area contributed by atoms with E-state index in [1.54, 1.807) is 0 Å². The Morgan fingerprint density at radius 1 is 1.12 bits per heavy atom. The van der Waals surface area contributed by atoms with Crippen LogP contribution in [0.4, 0.5) is 0 Å². The van der Waals surface area contributed by atoms with Crippen LogP contribution in [-0.4, -0.2) is 17.6 Å². The lowest BCUT2D eigenvalue weighted by atomic mass is 9.97. The molecule has 1 heterocycles. The molecule has 0 aliphatic carbocycles. The number of rotatable bonds is 2. The quantitative estimate of drug-likeness (QED) is 0.696. The molecule has 0 aliphatic heterocycles. The number of aromatic nitrogens is 2. The first kappa shape index (κ1) is 11.0. The van der Waals surface area contributed by atoms with Crippen molar-refractivity contribution in [1.29, 1.82) is 0 Å². The van der Waals surface area contributed by atoms with Crippen LogP contribution in [0.1, 0.15) is 22.5 Å². The van der Waals surface area contributed by atoms with Gasteiger partial charge in [0.25, 0.3) is 0 Å². The largest absolute Gasteiger partial charge is 0.238 e. The molecule has 0 saturated heterocycles. The molecule has 0 aliphatic rings. The van der Waals surface area contributed by atoms with E-state index in [1.165, 1.54) is 11.3 Å². The normalized spacial score (nSPS) is 10.7. The van der Waals surface area contributed by atoms with Gasteiger partial charge in [-0.3, -0.25) is 0 Å². The summed E-state index contributed by atoms with van der Waals surface area (Å²) in [6, 6.07) is 8.20. The molecule has 2 rings (SSSR count). The molecule has 16 heavy (non-hydrogen) atoms. The lowest BCUT2D eigenvalue weighted by Gasteiger charge is -2.05. The van der Waals surface area contributed by atoms with Crippen molar-refractivity contribution < 1.29 is 0 Å². The second kappa shape index (κ2) is 4.16. The lowest BCUT2D eigenvalue weighted by Crippen LogP contribution is -1.99. The van der Waals surface area contributed by atoms with Crippen LogP contribution in [0.25, 0.3) is 5.69 Å². The summed E-state index contributed by atoms with van der Waals surface area (Å²) in [5.74, 6) is 0. The molecule has 0 bridgehead atoms. The van der Waals surface area contributed by atoms with E-state index >= 15 is 0 Å². The van der Waals surface area contributed by atoms with E-state index in [0.717, 1.165) is 16.9 Å². The minimum atomic E-state index is 0.580. The van der Waals surface area contributed by atoms with Gasteiger partial charge in [0.2, 0.25) is 0 Å². The van der Waals surface area contributed by atoms with Crippen molar-refractivity contribution in [1.82, 2.24) is 9.78 Å². The topological polar surface area (TPSA) is 17.8 Å². The van der Waals surface area contributed by atoms with Crippen LogP contribution < -0.4 is 0 Å². The van der Waals surface area contributed by atoms with E-state index in [4.69, 9.17) is 7.85 Å². The molecule has 0 unspecified atom stereocenters. The Morgan fingerprint density at radius 2 is 1.75 bits per heavy atom. The summed E-state index contributed by atoms with van der Waals surface area (Å²) in [5, 5.41) is 4.52. The molecule has 3 heteroatoms. The molecule has 2 nitrogen and oxygen atoms in total. The Labute approximate surface area is 97.7 Å². The Morgan fingerprint density at radius 3 is 2.19 bits per heavy atom. The fourth-order valence-corrected chi connectivity index (χ4v) is 1.75. The first-order valence-corrected chi connectivity index (χ1v) is 5.45. The predicted molar refractivity (Wildman–Crippen MR) is 67.2 cm³/mol. The van der Waals surface area contributed by atoms with Gasteiger partial charge in [-0.1, -0.05) is 24.0 Å². The van der Waals surface area contributed by atoms with Gasteiger partial charge in [0.1, 0.15) is 0 Å². The lowest BCUT2D eigenvalue weighted by molar-refractivity contribution is 0.832. The number of hydrogen-bond donors (Lipinski definition) is 0. The monoisotopic (exact) mass is 210 g/mol. The molecule has 2 radical (unpaired) electrons. The highest BCUT2D eigenvalue weighted by atomic mass is 15.3. The zero-order valence-electron chi connectivity index (χ0n) is 9.99. The zero-order valence-corrected chi connectivity index (χ0v) is 9.99. The van der Waals surface area contributed by atoms with Gasteiger partial charge >= 0.3 is 0 Å². The zero-order chi connectivity index (χ0) is 11.7. The van der Waals surface area contributed by atoms with E-state index in [-0.39, 0.29) is 0 Å². The second-order valence-electron chi connectivity index (χ2n) is 4.08. The summed E-state index contributed by atoms with van der Waals surface area (Å²) in [6.07, 6.45) is 0.580. The fraction of sp³-hybridized carbons (Fsp3) is 0.308. The molecule has 0 spiro atoms. The molecule has 0 fully saturated rings. The van der Waals surface area contributed by atoms with Crippen LogP contribution in [0.15, 0.2) is 24.3 Å². The van der Waals surface area contributed by atoms with Crippen molar-refractivity contribution >= 4 is 7.85 Å². The highest BCUT2D eigenvalue weighted by molar-refractivity contribution is 6.08. The van der Waals surface area contributed by atoms with Gasteiger partial charge in [-0.2, -0.15) is 5.10 Å². The van der Waals surface area contributed by atoms with Gasteiger partial charge in [-0.05, 0) is 38.5 Å². The number of aryl methyl sites for hydroxylation is 1. The van der Waals surface area contributed by atoms with Crippen LogP contribution in [-0.2, 0) is 6.32 Å². The summed E-state index contributed by atoms with van der Waals surface area (Å²) in [4.78, 5) is 0. The van der Waals surface area contributed by atoms with Crippen molar-refractivity contribution in [3.8, 4) is 5.69 Å². The number of hydrogen-bond acceptors (Lipinski definition) is 1. The summed E-state index contributed by atoms with van der Waals surface area (Å²) < 4.78 is 1.98. The van der Waals surface area contributed by atoms with Crippen molar-refractivity contribution in [2.24, 2.45) is 0 Å². The first-order chi connectivity index (χ1) is 7.63. The van der Waals surface area contributed by atoms with E-state index < -0.39 is 0 Å². The maximum atomic E-state index is 5.57. The third-order valence-electron chi connectivity index (χ3n) is 3.07. The maximum Gasteiger partial charge on any atom is 0.0716 e. The van der Waals surface area contributed by atoms with E-state index in [0.29, 0.717) is 6.32 Å². The number of nitrogens with zero attached hydrogens (tertiary/aromatic N) is 2. The van der Waals surface area contributed by atoms with Gasteiger partial charge < -0.3 is 0 Å². The van der Waals surface area contributed by atoms with Crippen molar-refractivity contribution in [3.05, 3.63) is 46.8 Å². The second-order valence-corrected chi connectivity index (χ2v) is 4.08. The Kier molecular flexibility index (Phi) is 2.86. The van der Waals surface area contributed by atoms with E-state index in [1.807, 2.05) is 23.7 Å². The van der Waals surface area contributed by atoms with Crippen LogP contribution in [0.5, 0.6) is 0 Å². The fourth-order valence-electron chi connectivity index (χ4n) is 1.75. The summed E-state index contributed by atoms with van der Waals surface area (Å²) in [5.41, 5.74) is 5.76. The number of benzene rings is 1. The molecule has 0 amide bonds. The third kappa shape index (κ3) is 1.78. The van der Waals surface area contributed by atoms with Crippen LogP contribution in [0, 0.1) is 20.8 Å². The molecule has 0 N–H and O–H groups in total. The Bertz CT molecular complexity index is 497. The third-order valence-corrected chi connectivity index (χ3v) is 3.07. The Balaban J connectivity index is 2.46. The first-order valence-electron chi connectivity index (χ1n) is 5.45. The van der Waals surface area contributed by atoms with Gasteiger partial charge in [0.15, 0.2) is 0 Å². The van der Waals surface area contributed by atoms with E-state index in [2.05, 4.69) is 31.1 Å². The highest BCUT2D eigenvalue weighted by Gasteiger charge is 2.08. The summed E-state index contributed by atoms with van der Waals surface area (Å²) >= 11 is 0. The van der Waals surface area contributed by atoms with E-state index in [9.17, 15) is 0 Å². The van der Waals surface area contributed by atoms with Crippen LogP contribution >= 0.6 is 0 Å². The van der Waals surface area contributed by atoms with Crippen LogP contribution in [0.2, 0.25) is 0 Å². The molecular weight excluding hydrogens is 195 g/mol. The molecule has 1 aromatic heterocycles. The average Bonchev–Trinajstić information content (AvgIpc) is 2.57. The molecule has 1 aromatic carbocycles. The summed E-state index contributed by atoms with van der Waals surface area (Å²) in [7, 11) is 5.57. The van der Waals surface area contributed by atoms with Gasteiger partial charge in [0, 0.05) is 5.69 Å². The Hall–Kier alpha value is -1.51. The van der Waals surface area contributed by atoms with Gasteiger partial charge in [0.05, 0.1) is 19.2 Å². The molecule has 0 saturated carbocycles. The highest BCUT2D eigenvalue weighted by Crippen LogP contribution is 2.17. The standard InChI is InChI=1S/C13H15BN2/c1-9-10(2)15-16(11(9)3)13-6-4-12(8-14)5-7-13/h4-7H,8H2,1-3H3. The smallest absolute Gasteiger partial charge is 0.0716 e. The summed E-state index contributed by atoms with van der Waals surface area (Å²) in [6.45, 7) is 6.22. The minimum absolute atomic E-state index is 0.580. The SMILES string of the molecule is [B]Cc1ccc(-n2nc(C)c(C)c2C)cc1. The molecular formula is C13H15BN2. The van der Waals surface area contributed by atoms with Gasteiger partial charge in [-0.25, -0.2) is 4.68 Å². The molecule has 80 valence electrons. The van der Waals surface area contributed by atoms with Crippen molar-refractivity contribution in [2.45, 2.75) is 27.1 Å². The van der Waals surface area contributed by atoms with Crippen LogP contribution in [0.3, 0.4) is 0 Å². The average molecular weight is 210 g/mol. The minimum Gasteiger partial charge on any atom is -0.238 e. The molecule has 2 aromatic rings. The van der Waals surface area contributed by atoms with Gasteiger partial charge in [-0.15, -0.1) is 0 Å². The van der Waals surface area contributed by atoms with Crippen molar-refractivity contribution in [3.63, 3.8) is 0 Å². The maximum absolute atomic E-state index is 5.57. The predicted octanol–water partition coefficient (Wildman–Crippen LogP) is 2.47.